The van der Waals surface area contributed by atoms with Crippen molar-refractivity contribution in [2.45, 2.75) is 13.8 Å². The van der Waals surface area contributed by atoms with E-state index in [-0.39, 0.29) is 5.91 Å². The predicted octanol–water partition coefficient (Wildman–Crippen LogP) is 5.38. The summed E-state index contributed by atoms with van der Waals surface area (Å²) in [4.78, 5) is 20.0. The summed E-state index contributed by atoms with van der Waals surface area (Å²) >= 11 is 7.50. The Morgan fingerprint density at radius 1 is 1.14 bits per heavy atom. The molecule has 0 spiro atoms. The number of benzene rings is 2. The lowest BCUT2D eigenvalue weighted by Crippen LogP contribution is -2.32. The van der Waals surface area contributed by atoms with Crippen molar-refractivity contribution in [3.8, 4) is 5.75 Å². The highest BCUT2D eigenvalue weighted by molar-refractivity contribution is 8.18. The molecule has 2 aromatic rings. The molecule has 2 aromatic carbocycles. The summed E-state index contributed by atoms with van der Waals surface area (Å²) < 4.78 is 11.1. The van der Waals surface area contributed by atoms with E-state index in [9.17, 15) is 4.79 Å². The van der Waals surface area contributed by atoms with Gasteiger partial charge in [0.25, 0.3) is 5.91 Å². The maximum Gasteiger partial charge on any atom is 0.266 e. The molecule has 1 aliphatic heterocycles. The number of nitrogens with zero attached hydrogens (tertiary/aromatic N) is 2. The molecular weight excluding hydrogens is 408 g/mol. The monoisotopic (exact) mass is 430 g/mol. The van der Waals surface area contributed by atoms with Crippen LogP contribution in [0.1, 0.15) is 19.4 Å². The molecule has 1 amide bonds. The van der Waals surface area contributed by atoms with E-state index in [1.807, 2.05) is 56.3 Å². The molecule has 29 heavy (non-hydrogen) atoms. The normalized spacial score (nSPS) is 16.8. The van der Waals surface area contributed by atoms with Gasteiger partial charge in [-0.3, -0.25) is 9.69 Å². The molecule has 0 unspecified atom stereocenters. The van der Waals surface area contributed by atoms with Gasteiger partial charge in [0.1, 0.15) is 5.75 Å². The third-order valence-corrected chi connectivity index (χ3v) is 5.33. The Kier molecular flexibility index (Phi) is 7.75. The Morgan fingerprint density at radius 2 is 1.93 bits per heavy atom. The SMILES string of the molecule is CCOCCN1C(=O)/C(=C/c2cc(Cl)ccc2OCC)SC1=Nc1ccccc1. The molecule has 0 bridgehead atoms. The Labute approximate surface area is 180 Å². The number of hydrogen-bond donors (Lipinski definition) is 0. The molecule has 0 aliphatic carbocycles. The number of hydrogen-bond acceptors (Lipinski definition) is 5. The van der Waals surface area contributed by atoms with Crippen molar-refractivity contribution in [1.82, 2.24) is 4.90 Å². The smallest absolute Gasteiger partial charge is 0.266 e. The summed E-state index contributed by atoms with van der Waals surface area (Å²) in [6.07, 6.45) is 1.81. The number of rotatable bonds is 8. The van der Waals surface area contributed by atoms with Gasteiger partial charge >= 0.3 is 0 Å². The first-order valence-electron chi connectivity index (χ1n) is 9.47. The van der Waals surface area contributed by atoms with Crippen LogP contribution in [0.3, 0.4) is 0 Å². The Morgan fingerprint density at radius 3 is 2.66 bits per heavy atom. The van der Waals surface area contributed by atoms with Crippen molar-refractivity contribution < 1.29 is 14.3 Å². The molecular formula is C22H23ClN2O3S. The highest BCUT2D eigenvalue weighted by Crippen LogP contribution is 2.36. The highest BCUT2D eigenvalue weighted by Gasteiger charge is 2.33. The molecule has 0 N–H and O–H groups in total. The van der Waals surface area contributed by atoms with Gasteiger partial charge in [0.15, 0.2) is 5.17 Å². The molecule has 1 heterocycles. The van der Waals surface area contributed by atoms with E-state index in [1.54, 1.807) is 17.0 Å². The van der Waals surface area contributed by atoms with Crippen molar-refractivity contribution in [2.24, 2.45) is 4.99 Å². The van der Waals surface area contributed by atoms with Gasteiger partial charge in [-0.1, -0.05) is 29.8 Å². The summed E-state index contributed by atoms with van der Waals surface area (Å²) in [6, 6.07) is 15.0. The van der Waals surface area contributed by atoms with Gasteiger partial charge < -0.3 is 9.47 Å². The number of carbonyl (C=O) groups is 1. The quantitative estimate of drug-likeness (QED) is 0.416. The van der Waals surface area contributed by atoms with Crippen molar-refractivity contribution >= 4 is 46.2 Å². The molecule has 0 saturated carbocycles. The molecule has 1 fully saturated rings. The standard InChI is InChI=1S/C22H23ClN2O3S/c1-3-27-13-12-25-21(26)20(29-22(25)24-18-8-6-5-7-9-18)15-16-14-17(23)10-11-19(16)28-4-2/h5-11,14-15H,3-4,12-13H2,1-2H3/b20-15-,24-22?. The van der Waals surface area contributed by atoms with Crippen LogP contribution in [0.25, 0.3) is 6.08 Å². The maximum atomic E-state index is 13.1. The summed E-state index contributed by atoms with van der Waals surface area (Å²) in [5.74, 6) is 0.582. The van der Waals surface area contributed by atoms with E-state index >= 15 is 0 Å². The van der Waals surface area contributed by atoms with Crippen molar-refractivity contribution in [3.05, 3.63) is 64.0 Å². The third kappa shape index (κ3) is 5.63. The lowest BCUT2D eigenvalue weighted by atomic mass is 10.2. The van der Waals surface area contributed by atoms with Crippen LogP contribution < -0.4 is 4.74 Å². The average molecular weight is 431 g/mol. The number of ether oxygens (including phenoxy) is 2. The fraction of sp³-hybridized carbons (Fsp3) is 0.273. The van der Waals surface area contributed by atoms with Crippen LogP contribution in [0.15, 0.2) is 58.4 Å². The second-order valence-electron chi connectivity index (χ2n) is 6.11. The topological polar surface area (TPSA) is 51.1 Å². The van der Waals surface area contributed by atoms with Gasteiger partial charge in [0, 0.05) is 17.2 Å². The zero-order valence-corrected chi connectivity index (χ0v) is 18.0. The van der Waals surface area contributed by atoms with Crippen LogP contribution in [-0.4, -0.2) is 42.3 Å². The summed E-state index contributed by atoms with van der Waals surface area (Å²) in [5.41, 5.74) is 1.56. The van der Waals surface area contributed by atoms with Crippen molar-refractivity contribution in [3.63, 3.8) is 0 Å². The van der Waals surface area contributed by atoms with Crippen molar-refractivity contribution in [1.29, 1.82) is 0 Å². The molecule has 7 heteroatoms. The van der Waals surface area contributed by atoms with Crippen LogP contribution >= 0.6 is 23.4 Å². The lowest BCUT2D eigenvalue weighted by molar-refractivity contribution is -0.122. The minimum absolute atomic E-state index is 0.105. The second kappa shape index (κ2) is 10.5. The van der Waals surface area contributed by atoms with E-state index in [1.165, 1.54) is 11.8 Å². The first-order valence-corrected chi connectivity index (χ1v) is 10.7. The second-order valence-corrected chi connectivity index (χ2v) is 7.55. The maximum absolute atomic E-state index is 13.1. The fourth-order valence-electron chi connectivity index (χ4n) is 2.76. The number of para-hydroxylation sites is 1. The van der Waals surface area contributed by atoms with Gasteiger partial charge in [-0.15, -0.1) is 0 Å². The number of aliphatic imine (C=N–C) groups is 1. The number of amides is 1. The highest BCUT2D eigenvalue weighted by atomic mass is 35.5. The van der Waals surface area contributed by atoms with E-state index in [2.05, 4.69) is 4.99 Å². The largest absolute Gasteiger partial charge is 0.493 e. The van der Waals surface area contributed by atoms with Gasteiger partial charge in [0.2, 0.25) is 0 Å². The van der Waals surface area contributed by atoms with Crippen LogP contribution in [0.4, 0.5) is 5.69 Å². The predicted molar refractivity (Wildman–Crippen MR) is 120 cm³/mol. The van der Waals surface area contributed by atoms with Gasteiger partial charge in [-0.05, 0) is 62.0 Å². The van der Waals surface area contributed by atoms with E-state index in [0.717, 1.165) is 11.3 Å². The average Bonchev–Trinajstić information content (AvgIpc) is 3.00. The molecule has 0 aromatic heterocycles. The Balaban J connectivity index is 1.94. The van der Waals surface area contributed by atoms with Gasteiger partial charge in [-0.25, -0.2) is 4.99 Å². The molecule has 1 saturated heterocycles. The zero-order valence-electron chi connectivity index (χ0n) is 16.4. The molecule has 5 nitrogen and oxygen atoms in total. The van der Waals surface area contributed by atoms with Crippen LogP contribution in [0, 0.1) is 0 Å². The molecule has 0 atom stereocenters. The Bertz CT molecular complexity index is 916. The number of amidine groups is 1. The van der Waals surface area contributed by atoms with Crippen molar-refractivity contribution in [2.75, 3.05) is 26.4 Å². The van der Waals surface area contributed by atoms with Crippen LogP contribution in [-0.2, 0) is 9.53 Å². The third-order valence-electron chi connectivity index (χ3n) is 4.09. The summed E-state index contributed by atoms with van der Waals surface area (Å²) in [7, 11) is 0. The van der Waals surface area contributed by atoms with Crippen LogP contribution in [0.5, 0.6) is 5.75 Å². The summed E-state index contributed by atoms with van der Waals surface area (Å²) in [6.45, 7) is 5.87. The number of halogens is 1. The van der Waals surface area contributed by atoms with E-state index in [4.69, 9.17) is 21.1 Å². The molecule has 3 rings (SSSR count). The lowest BCUT2D eigenvalue weighted by Gasteiger charge is -2.15. The Hall–Kier alpha value is -2.28. The van der Waals surface area contributed by atoms with Crippen LogP contribution in [0.2, 0.25) is 5.02 Å². The number of carbonyl (C=O) groups excluding carboxylic acids is 1. The number of thioether (sulfide) groups is 1. The van der Waals surface area contributed by atoms with E-state index in [0.29, 0.717) is 47.2 Å². The van der Waals surface area contributed by atoms with Gasteiger partial charge in [0.05, 0.1) is 30.4 Å². The minimum atomic E-state index is -0.105. The molecule has 1 aliphatic rings. The fourth-order valence-corrected chi connectivity index (χ4v) is 3.96. The minimum Gasteiger partial charge on any atom is -0.493 e. The van der Waals surface area contributed by atoms with Gasteiger partial charge in [-0.2, -0.15) is 0 Å². The summed E-state index contributed by atoms with van der Waals surface area (Å²) in [5, 5.41) is 1.22. The first kappa shape index (κ1) is 21.4. The van der Waals surface area contributed by atoms with E-state index < -0.39 is 0 Å². The molecule has 0 radical (unpaired) electrons. The molecule has 152 valence electrons. The zero-order chi connectivity index (χ0) is 20.6. The first-order chi connectivity index (χ1) is 14.1.